The van der Waals surface area contributed by atoms with Crippen LogP contribution < -0.4 is 33.0 Å². The van der Waals surface area contributed by atoms with Crippen LogP contribution in [0.2, 0.25) is 0 Å². The monoisotopic (exact) mass is 499 g/mol. The van der Waals surface area contributed by atoms with Crippen molar-refractivity contribution < 1.29 is 31.7 Å². The topological polar surface area (TPSA) is 122 Å². The van der Waals surface area contributed by atoms with Crippen LogP contribution in [0.3, 0.4) is 0 Å². The normalized spacial score (nSPS) is 18.1. The molecule has 1 heterocycles. The van der Waals surface area contributed by atoms with Gasteiger partial charge in [0.05, 0.1) is 17.2 Å². The van der Waals surface area contributed by atoms with Crippen LogP contribution in [0, 0.1) is 0 Å². The highest BCUT2D eigenvalue weighted by Crippen LogP contribution is 2.37. The molecule has 0 radical (unpaired) electrons. The van der Waals surface area contributed by atoms with Crippen molar-refractivity contribution in [2.45, 2.75) is 10.0 Å². The lowest BCUT2D eigenvalue weighted by atomic mass is 9.53. The van der Waals surface area contributed by atoms with Crippen molar-refractivity contribution in [3.05, 3.63) is 52.6 Å². The Balaban J connectivity index is 2.00. The zero-order chi connectivity index (χ0) is 27.4. The molecule has 0 aromatic heterocycles. The smallest absolute Gasteiger partial charge is 0.337 e. The molecule has 2 N–H and O–H groups in total. The molecular weight excluding hydrogens is 473 g/mol. The average molecular weight is 498 g/mol. The minimum atomic E-state index is -4.41. The van der Waals surface area contributed by atoms with Crippen LogP contribution in [0.1, 0.15) is 21.5 Å². The summed E-state index contributed by atoms with van der Waals surface area (Å²) in [4.78, 5) is 25.1. The second-order valence-corrected chi connectivity index (χ2v) is 11.9. The molecule has 17 heteroatoms. The molecule has 8 nitrogen and oxygen atoms in total. The van der Waals surface area contributed by atoms with Gasteiger partial charge in [-0.25, -0.2) is 4.79 Å². The fourth-order valence-corrected chi connectivity index (χ4v) is 5.84. The maximum atomic E-state index is 13.6. The van der Waals surface area contributed by atoms with Gasteiger partial charge in [-0.3, -0.25) is 4.79 Å². The Kier molecular flexibility index (Phi) is 7.13. The number of ether oxygens (including phenoxy) is 2. The summed E-state index contributed by atoms with van der Waals surface area (Å²) < 4.78 is 41.6. The Morgan fingerprint density at radius 2 is 1.44 bits per heavy atom. The lowest BCUT2D eigenvalue weighted by Gasteiger charge is -2.32. The Morgan fingerprint density at radius 3 is 1.92 bits per heavy atom. The molecule has 178 valence electrons. The van der Waals surface area contributed by atoms with E-state index in [0.29, 0.717) is 11.1 Å². The van der Waals surface area contributed by atoms with Gasteiger partial charge in [0.2, 0.25) is 17.4 Å². The summed E-state index contributed by atoms with van der Waals surface area (Å²) in [5.74, 6) is -2.27. The molecule has 0 bridgehead atoms. The summed E-state index contributed by atoms with van der Waals surface area (Å²) in [5.41, 5.74) is 10.4. The van der Waals surface area contributed by atoms with Crippen LogP contribution in [0.4, 0.5) is 0 Å². The Bertz CT molecular complexity index is 1400. The molecule has 0 fully saturated rings. The number of nitrogens with two attached hydrogens (primary N) is 1. The summed E-state index contributed by atoms with van der Waals surface area (Å²) in [5, 5.41) is 0. The summed E-state index contributed by atoms with van der Waals surface area (Å²) in [6, 6.07) is 5.99. The van der Waals surface area contributed by atoms with Crippen LogP contribution in [-0.4, -0.2) is 90.1 Å². The van der Waals surface area contributed by atoms with Gasteiger partial charge in [-0.15, -0.1) is 16.4 Å². The molecule has 1 unspecified atom stereocenters. The maximum absolute atomic E-state index is 13.6. The van der Waals surface area contributed by atoms with E-state index >= 15 is 0 Å². The number of Topliss-reactive ketones (excluding diaryl/α,β-unsaturated/α-hetero) is 1. The first kappa shape index (κ1) is 27.8. The predicted octanol–water partition coefficient (Wildman–Crippen LogP) is -10.3. The highest BCUT2D eigenvalue weighted by molar-refractivity contribution is 7.90. The van der Waals surface area contributed by atoms with Crippen molar-refractivity contribution in [1.29, 1.82) is 0 Å². The molecule has 1 atom stereocenters. The predicted molar refractivity (Wildman–Crippen MR) is 161 cm³/mol. The number of rotatable bonds is 6. The Labute approximate surface area is 218 Å². The van der Waals surface area contributed by atoms with E-state index in [1.807, 2.05) is 39.2 Å². The summed E-state index contributed by atoms with van der Waals surface area (Å²) >= 11 is 0. The van der Waals surface area contributed by atoms with Gasteiger partial charge in [-0.1, -0.05) is 28.6 Å². The highest BCUT2D eigenvalue weighted by atomic mass is 32.2. The fraction of sp³-hybridized carbons (Fsp3) is 0.158. The minimum absolute atomic E-state index is 0.284. The fourth-order valence-electron chi connectivity index (χ4n) is 4.69. The molecule has 3 rings (SSSR count). The Morgan fingerprint density at radius 1 is 0.972 bits per heavy atom. The van der Waals surface area contributed by atoms with Crippen molar-refractivity contribution in [2.75, 3.05) is 7.11 Å². The third-order valence-corrected chi connectivity index (χ3v) is 9.29. The molecule has 0 aliphatic carbocycles. The van der Waals surface area contributed by atoms with E-state index in [0.717, 1.165) is 27.3 Å². The number of benzene rings is 2. The van der Waals surface area contributed by atoms with Crippen molar-refractivity contribution in [3.63, 3.8) is 0 Å². The number of ketones is 1. The second-order valence-electron chi connectivity index (χ2n) is 9.77. The van der Waals surface area contributed by atoms with Gasteiger partial charge >= 0.3 is 16.1 Å². The van der Waals surface area contributed by atoms with Crippen molar-refractivity contribution >= 4 is 112 Å². The first-order chi connectivity index (χ1) is 16.5. The number of hydrogen-bond donors (Lipinski definition) is 1. The summed E-state index contributed by atoms with van der Waals surface area (Å²) in [7, 11) is 11.1. The van der Waals surface area contributed by atoms with Gasteiger partial charge in [-0.05, 0) is 17.7 Å². The van der Waals surface area contributed by atoms with E-state index in [-0.39, 0.29) is 5.56 Å². The molecular formula is C19H25B8NO7S. The molecule has 2 aromatic rings. The molecule has 0 saturated carbocycles. The van der Waals surface area contributed by atoms with Gasteiger partial charge in [0, 0.05) is 0 Å². The second kappa shape index (κ2) is 9.25. The number of hydrogen-bond acceptors (Lipinski definition) is 8. The third-order valence-electron chi connectivity index (χ3n) is 7.45. The van der Waals surface area contributed by atoms with Gasteiger partial charge in [-0.2, -0.15) is 8.42 Å². The summed E-state index contributed by atoms with van der Waals surface area (Å²) in [6.07, 6.45) is 0. The number of carbonyl (C=O) groups is 2. The zero-order valence-electron chi connectivity index (χ0n) is 22.2. The molecule has 1 aliphatic rings. The van der Waals surface area contributed by atoms with Gasteiger partial charge < -0.3 is 19.4 Å². The lowest BCUT2D eigenvalue weighted by Crippen LogP contribution is -2.60. The first-order valence-corrected chi connectivity index (χ1v) is 12.9. The van der Waals surface area contributed by atoms with Crippen LogP contribution in [0.25, 0.3) is 0 Å². The molecule has 0 amide bonds. The standard InChI is InChI=1S/C19H25B8NO7S/c1-33-17(30)6-2-4-7(5-3-6)18(25)15(29)14(16(28)34-18)35-36(31,32)19(26,27)8-9(20)11(22)13(24)12(23)10(8)21/h2-5H,20-28H2,1H3. The van der Waals surface area contributed by atoms with Gasteiger partial charge in [0.15, 0.2) is 13.3 Å². The van der Waals surface area contributed by atoms with Gasteiger partial charge in [0.25, 0.3) is 0 Å². The third kappa shape index (κ3) is 4.21. The van der Waals surface area contributed by atoms with E-state index in [4.69, 9.17) is 19.4 Å². The largest absolute Gasteiger partial charge is 0.467 e. The molecule has 1 aliphatic heterocycles. The van der Waals surface area contributed by atoms with E-state index in [1.54, 1.807) is 15.7 Å². The van der Waals surface area contributed by atoms with Crippen molar-refractivity contribution in [2.24, 2.45) is 5.73 Å². The number of methoxy groups -OCH3 is 1. The maximum Gasteiger partial charge on any atom is 0.337 e. The molecule has 2 aromatic carbocycles. The van der Waals surface area contributed by atoms with Crippen molar-refractivity contribution in [1.82, 2.24) is 0 Å². The van der Waals surface area contributed by atoms with E-state index < -0.39 is 43.6 Å². The quantitative estimate of drug-likeness (QED) is 0.237. The van der Waals surface area contributed by atoms with Crippen LogP contribution in [-0.2, 0) is 38.6 Å². The van der Waals surface area contributed by atoms with E-state index in [2.05, 4.69) is 0 Å². The van der Waals surface area contributed by atoms with Crippen LogP contribution in [0.15, 0.2) is 35.9 Å². The molecule has 36 heavy (non-hydrogen) atoms. The number of carbonyl (C=O) groups excluding carboxylic acids is 2. The highest BCUT2D eigenvalue weighted by Gasteiger charge is 2.51. The zero-order valence-corrected chi connectivity index (χ0v) is 23.0. The SMILES string of the molecule is Bc1c(B)c(B)c(C(B)(B)S(=O)(=O)OC2=C(N)OC(B)(c3ccc(C(=O)OC)cc3)C2=O)c(B)c1B. The molecule has 0 saturated heterocycles. The average Bonchev–Trinajstić information content (AvgIpc) is 3.04. The first-order valence-electron chi connectivity index (χ1n) is 11.4. The minimum Gasteiger partial charge on any atom is -0.467 e. The van der Waals surface area contributed by atoms with Gasteiger partial charge in [0.1, 0.15) is 54.9 Å². The van der Waals surface area contributed by atoms with Crippen LogP contribution >= 0.6 is 0 Å². The van der Waals surface area contributed by atoms with E-state index in [9.17, 15) is 18.0 Å². The van der Waals surface area contributed by atoms with Crippen molar-refractivity contribution in [3.8, 4) is 0 Å². The number of esters is 1. The van der Waals surface area contributed by atoms with E-state index in [1.165, 1.54) is 39.2 Å². The van der Waals surface area contributed by atoms with Crippen LogP contribution in [0.5, 0.6) is 0 Å². The molecule has 0 spiro atoms. The lowest BCUT2D eigenvalue weighted by molar-refractivity contribution is -0.126. The summed E-state index contributed by atoms with van der Waals surface area (Å²) in [6.45, 7) is 0. The Hall–Kier alpha value is -2.81.